The Morgan fingerprint density at radius 3 is 2.59 bits per heavy atom. The first kappa shape index (κ1) is 24.5. The molecule has 176 valence electrons. The zero-order valence-electron chi connectivity index (χ0n) is 19.7. The molecule has 2 heterocycles. The highest BCUT2D eigenvalue weighted by Crippen LogP contribution is 2.33. The van der Waals surface area contributed by atoms with Crippen molar-refractivity contribution in [1.82, 2.24) is 4.98 Å². The lowest BCUT2D eigenvalue weighted by Crippen LogP contribution is -2.55. The SMILES string of the molecule is CCc1sc(N2CCN(c3ccc(COC(C)=O)c(S(C)(=O)=O)c3)C[C@H]2C(C)C)nc1C. The molecule has 9 heteroatoms. The van der Waals surface area contributed by atoms with Gasteiger partial charge in [0.25, 0.3) is 0 Å². The lowest BCUT2D eigenvalue weighted by atomic mass is 9.99. The van der Waals surface area contributed by atoms with E-state index in [-0.39, 0.29) is 17.5 Å². The lowest BCUT2D eigenvalue weighted by Gasteiger charge is -2.44. The van der Waals surface area contributed by atoms with E-state index in [9.17, 15) is 13.2 Å². The summed E-state index contributed by atoms with van der Waals surface area (Å²) in [5.74, 6) is -0.0298. The van der Waals surface area contributed by atoms with Gasteiger partial charge in [-0.15, -0.1) is 11.3 Å². The highest BCUT2D eigenvalue weighted by molar-refractivity contribution is 7.90. The van der Waals surface area contributed by atoms with E-state index in [1.54, 1.807) is 23.5 Å². The van der Waals surface area contributed by atoms with Gasteiger partial charge in [-0.2, -0.15) is 0 Å². The molecule has 0 bridgehead atoms. The largest absolute Gasteiger partial charge is 0.461 e. The van der Waals surface area contributed by atoms with Crippen molar-refractivity contribution in [3.8, 4) is 0 Å². The maximum Gasteiger partial charge on any atom is 0.302 e. The molecule has 1 aromatic carbocycles. The number of aryl methyl sites for hydroxylation is 2. The van der Waals surface area contributed by atoms with Crippen LogP contribution >= 0.6 is 11.3 Å². The number of rotatable bonds is 7. The molecule has 1 aromatic heterocycles. The van der Waals surface area contributed by atoms with Gasteiger partial charge in [-0.25, -0.2) is 13.4 Å². The van der Waals surface area contributed by atoms with Crippen LogP contribution in [-0.4, -0.2) is 51.3 Å². The van der Waals surface area contributed by atoms with Crippen molar-refractivity contribution in [3.63, 3.8) is 0 Å². The first-order chi connectivity index (χ1) is 15.0. The number of carbonyl (C=O) groups is 1. The van der Waals surface area contributed by atoms with Gasteiger partial charge >= 0.3 is 5.97 Å². The Bertz CT molecular complexity index is 1080. The van der Waals surface area contributed by atoms with Crippen molar-refractivity contribution < 1.29 is 17.9 Å². The van der Waals surface area contributed by atoms with E-state index in [0.717, 1.165) is 42.6 Å². The van der Waals surface area contributed by atoms with Gasteiger partial charge in [-0.1, -0.05) is 26.8 Å². The molecule has 0 spiro atoms. The number of carbonyl (C=O) groups excluding carboxylic acids is 1. The third-order valence-corrected chi connectivity index (χ3v) is 8.40. The summed E-state index contributed by atoms with van der Waals surface area (Å²) >= 11 is 1.78. The minimum absolute atomic E-state index is 0.0520. The number of aromatic nitrogens is 1. The Morgan fingerprint density at radius 1 is 1.31 bits per heavy atom. The molecule has 2 aromatic rings. The van der Waals surface area contributed by atoms with Crippen LogP contribution < -0.4 is 9.80 Å². The highest BCUT2D eigenvalue weighted by atomic mass is 32.2. The van der Waals surface area contributed by atoms with E-state index < -0.39 is 15.8 Å². The minimum Gasteiger partial charge on any atom is -0.461 e. The van der Waals surface area contributed by atoms with Gasteiger partial charge in [0.05, 0.1) is 16.6 Å². The van der Waals surface area contributed by atoms with E-state index >= 15 is 0 Å². The zero-order chi connectivity index (χ0) is 23.6. The van der Waals surface area contributed by atoms with Gasteiger partial charge in [-0.05, 0) is 31.4 Å². The molecule has 1 saturated heterocycles. The quantitative estimate of drug-likeness (QED) is 0.558. The summed E-state index contributed by atoms with van der Waals surface area (Å²) in [6.07, 6.45) is 2.18. The molecule has 1 aliphatic heterocycles. The standard InChI is InChI=1S/C23H33N3O4S2/c1-7-21-16(4)24-23(31-21)26-11-10-25(13-20(26)15(2)3)19-9-8-18(14-30-17(5)27)22(12-19)32(6,28)29/h8-9,12,15,20H,7,10-11,13-14H2,1-6H3/t20-/m0/s1. The number of nitrogens with zero attached hydrogens (tertiary/aromatic N) is 3. The molecule has 1 atom stereocenters. The maximum atomic E-state index is 12.4. The van der Waals surface area contributed by atoms with Crippen molar-refractivity contribution in [3.05, 3.63) is 34.3 Å². The predicted octanol–water partition coefficient (Wildman–Crippen LogP) is 3.83. The Balaban J connectivity index is 1.88. The van der Waals surface area contributed by atoms with E-state index in [1.807, 2.05) is 6.07 Å². The highest BCUT2D eigenvalue weighted by Gasteiger charge is 2.32. The van der Waals surface area contributed by atoms with Crippen LogP contribution in [0.4, 0.5) is 10.8 Å². The molecule has 0 radical (unpaired) electrons. The first-order valence-electron chi connectivity index (χ1n) is 11.0. The summed E-state index contributed by atoms with van der Waals surface area (Å²) in [4.78, 5) is 22.2. The topological polar surface area (TPSA) is 79.8 Å². The summed E-state index contributed by atoms with van der Waals surface area (Å²) in [7, 11) is -3.47. The predicted molar refractivity (Wildman–Crippen MR) is 129 cm³/mol. The fourth-order valence-corrected chi connectivity index (χ4v) is 6.12. The number of ether oxygens (including phenoxy) is 1. The van der Waals surface area contributed by atoms with E-state index in [1.165, 1.54) is 18.1 Å². The Labute approximate surface area is 195 Å². The third-order valence-electron chi connectivity index (χ3n) is 5.88. The number of piperazine rings is 1. The number of sulfone groups is 1. The number of hydrogen-bond acceptors (Lipinski definition) is 8. The monoisotopic (exact) mass is 479 g/mol. The average molecular weight is 480 g/mol. The fraction of sp³-hybridized carbons (Fsp3) is 0.565. The van der Waals surface area contributed by atoms with Gasteiger partial charge in [-0.3, -0.25) is 4.79 Å². The van der Waals surface area contributed by atoms with Gasteiger partial charge in [0.1, 0.15) is 6.61 Å². The number of benzene rings is 1. The normalized spacial score (nSPS) is 17.2. The summed E-state index contributed by atoms with van der Waals surface area (Å²) in [5.41, 5.74) is 2.47. The fourth-order valence-electron chi connectivity index (χ4n) is 4.10. The van der Waals surface area contributed by atoms with E-state index in [4.69, 9.17) is 9.72 Å². The van der Waals surface area contributed by atoms with Crippen molar-refractivity contribution in [2.75, 3.05) is 35.7 Å². The van der Waals surface area contributed by atoms with Crippen molar-refractivity contribution in [2.45, 2.75) is 58.6 Å². The summed E-state index contributed by atoms with van der Waals surface area (Å²) in [6, 6.07) is 5.65. The van der Waals surface area contributed by atoms with Crippen LogP contribution in [-0.2, 0) is 32.4 Å². The van der Waals surface area contributed by atoms with Gasteiger partial charge in [0.15, 0.2) is 15.0 Å². The van der Waals surface area contributed by atoms with Crippen molar-refractivity contribution in [1.29, 1.82) is 0 Å². The summed E-state index contributed by atoms with van der Waals surface area (Å²) < 4.78 is 29.9. The zero-order valence-corrected chi connectivity index (χ0v) is 21.3. The second kappa shape index (κ2) is 9.79. The maximum absolute atomic E-state index is 12.4. The molecular formula is C23H33N3O4S2. The van der Waals surface area contributed by atoms with Crippen LogP contribution in [0.1, 0.15) is 43.8 Å². The molecule has 0 saturated carbocycles. The van der Waals surface area contributed by atoms with Crippen molar-refractivity contribution in [2.24, 2.45) is 5.92 Å². The molecule has 0 aliphatic carbocycles. The first-order valence-corrected chi connectivity index (χ1v) is 13.7. The molecule has 3 rings (SSSR count). The van der Waals surface area contributed by atoms with E-state index in [0.29, 0.717) is 11.5 Å². The van der Waals surface area contributed by atoms with Crippen LogP contribution in [0.15, 0.2) is 23.1 Å². The molecular weight excluding hydrogens is 446 g/mol. The summed E-state index contributed by atoms with van der Waals surface area (Å²) in [5, 5.41) is 1.08. The van der Waals surface area contributed by atoms with Gasteiger partial charge in [0, 0.05) is 48.9 Å². The Morgan fingerprint density at radius 2 is 2.03 bits per heavy atom. The molecule has 1 aliphatic rings. The number of esters is 1. The minimum atomic E-state index is -3.47. The van der Waals surface area contributed by atoms with Gasteiger partial charge in [0.2, 0.25) is 0 Å². The van der Waals surface area contributed by atoms with Crippen LogP contribution in [0.5, 0.6) is 0 Å². The third kappa shape index (κ3) is 5.43. The Kier molecular flexibility index (Phi) is 7.50. The van der Waals surface area contributed by atoms with Crippen LogP contribution in [0.2, 0.25) is 0 Å². The summed E-state index contributed by atoms with van der Waals surface area (Å²) in [6.45, 7) is 12.3. The van der Waals surface area contributed by atoms with Crippen LogP contribution in [0, 0.1) is 12.8 Å². The number of anilines is 2. The van der Waals surface area contributed by atoms with Crippen molar-refractivity contribution >= 4 is 38.0 Å². The molecule has 7 nitrogen and oxygen atoms in total. The second-order valence-corrected chi connectivity index (χ2v) is 11.7. The van der Waals surface area contributed by atoms with Gasteiger partial charge < -0.3 is 14.5 Å². The molecule has 0 N–H and O–H groups in total. The second-order valence-electron chi connectivity index (χ2n) is 8.65. The molecule has 1 fully saturated rings. The molecule has 32 heavy (non-hydrogen) atoms. The average Bonchev–Trinajstić information content (AvgIpc) is 3.11. The van der Waals surface area contributed by atoms with Crippen LogP contribution in [0.25, 0.3) is 0 Å². The van der Waals surface area contributed by atoms with Crippen LogP contribution in [0.3, 0.4) is 0 Å². The lowest BCUT2D eigenvalue weighted by molar-refractivity contribution is -0.142. The number of thiazole rings is 1. The Hall–Kier alpha value is -2.13. The van der Waals surface area contributed by atoms with E-state index in [2.05, 4.69) is 37.5 Å². The molecule has 0 unspecified atom stereocenters. The smallest absolute Gasteiger partial charge is 0.302 e. The molecule has 0 amide bonds. The number of hydrogen-bond donors (Lipinski definition) is 0.